The van der Waals surface area contributed by atoms with Crippen molar-refractivity contribution in [3.05, 3.63) is 0 Å². The number of hydrogen-bond donors (Lipinski definition) is 3. The van der Waals surface area contributed by atoms with Gasteiger partial charge in [0.1, 0.15) is 0 Å². The monoisotopic (exact) mass is 368 g/mol. The van der Waals surface area contributed by atoms with E-state index in [1.165, 1.54) is 6.42 Å². The predicted molar refractivity (Wildman–Crippen MR) is 103 cm³/mol. The number of likely N-dealkylation sites (tertiary alicyclic amines) is 1. The zero-order valence-electron chi connectivity index (χ0n) is 16.6. The molecule has 26 heavy (non-hydrogen) atoms. The minimum atomic E-state index is -0.268. The van der Waals surface area contributed by atoms with E-state index >= 15 is 0 Å². The quantitative estimate of drug-likeness (QED) is 0.511. The van der Waals surface area contributed by atoms with Crippen LogP contribution in [0.4, 0.5) is 4.79 Å². The van der Waals surface area contributed by atoms with E-state index < -0.39 is 0 Å². The lowest BCUT2D eigenvalue weighted by atomic mass is 9.73. The molecule has 2 aliphatic rings. The van der Waals surface area contributed by atoms with E-state index in [0.717, 1.165) is 44.6 Å². The summed E-state index contributed by atoms with van der Waals surface area (Å²) in [5.74, 6) is 0.807. The molecular formula is C19H36N4O3. The van der Waals surface area contributed by atoms with Crippen LogP contribution in [0.15, 0.2) is 4.99 Å². The normalized spacial score (nSPS) is 27.9. The Hall–Kier alpha value is -1.50. The Balaban J connectivity index is 1.87. The van der Waals surface area contributed by atoms with Crippen molar-refractivity contribution in [1.82, 2.24) is 15.5 Å². The molecule has 2 atom stereocenters. The maximum atomic E-state index is 11.8. The number of rotatable bonds is 5. The number of nitrogens with zero attached hydrogens (tertiary/aromatic N) is 2. The molecule has 1 saturated carbocycles. The van der Waals surface area contributed by atoms with Gasteiger partial charge in [0.25, 0.3) is 0 Å². The summed E-state index contributed by atoms with van der Waals surface area (Å²) >= 11 is 0. The SMILES string of the molecule is CCNC(=NCC1(C)CCCCC1O)NC1CCN(C(=O)OCC)CC1. The van der Waals surface area contributed by atoms with Crippen LogP contribution in [0, 0.1) is 5.41 Å². The molecule has 0 aromatic rings. The van der Waals surface area contributed by atoms with Gasteiger partial charge in [-0.15, -0.1) is 0 Å². The van der Waals surface area contributed by atoms with Gasteiger partial charge >= 0.3 is 6.09 Å². The van der Waals surface area contributed by atoms with Crippen LogP contribution < -0.4 is 10.6 Å². The summed E-state index contributed by atoms with van der Waals surface area (Å²) in [6.07, 6.45) is 5.45. The average molecular weight is 369 g/mol. The molecule has 0 aromatic carbocycles. The van der Waals surface area contributed by atoms with Crippen molar-refractivity contribution in [3.63, 3.8) is 0 Å². The van der Waals surface area contributed by atoms with Crippen LogP contribution in [0.1, 0.15) is 59.3 Å². The van der Waals surface area contributed by atoms with Gasteiger partial charge in [-0.3, -0.25) is 4.99 Å². The molecule has 3 N–H and O–H groups in total. The molecule has 7 heteroatoms. The Kier molecular flexibility index (Phi) is 8.00. The first kappa shape index (κ1) is 20.8. The molecule has 2 fully saturated rings. The number of nitrogens with one attached hydrogen (secondary N) is 2. The van der Waals surface area contributed by atoms with Gasteiger partial charge in [0, 0.05) is 31.1 Å². The summed E-state index contributed by atoms with van der Waals surface area (Å²) in [6, 6.07) is 0.294. The lowest BCUT2D eigenvalue weighted by Crippen LogP contribution is -2.50. The van der Waals surface area contributed by atoms with Gasteiger partial charge in [0.05, 0.1) is 19.3 Å². The molecule has 0 spiro atoms. The van der Waals surface area contributed by atoms with Crippen molar-refractivity contribution in [1.29, 1.82) is 0 Å². The Morgan fingerprint density at radius 2 is 2.00 bits per heavy atom. The van der Waals surface area contributed by atoms with E-state index in [9.17, 15) is 9.90 Å². The summed E-state index contributed by atoms with van der Waals surface area (Å²) in [6.45, 7) is 9.27. The molecule has 2 rings (SSSR count). The van der Waals surface area contributed by atoms with Crippen LogP contribution >= 0.6 is 0 Å². The van der Waals surface area contributed by atoms with Crippen LogP contribution in [0.3, 0.4) is 0 Å². The number of guanidine groups is 1. The van der Waals surface area contributed by atoms with E-state index in [-0.39, 0.29) is 17.6 Å². The summed E-state index contributed by atoms with van der Waals surface area (Å²) in [5, 5.41) is 17.2. The molecule has 2 unspecified atom stereocenters. The van der Waals surface area contributed by atoms with Gasteiger partial charge in [-0.1, -0.05) is 19.8 Å². The molecule has 1 aliphatic heterocycles. The van der Waals surface area contributed by atoms with Crippen molar-refractivity contribution in [2.45, 2.75) is 71.4 Å². The third kappa shape index (κ3) is 5.76. The summed E-state index contributed by atoms with van der Waals surface area (Å²) in [5.41, 5.74) is -0.131. The number of aliphatic hydroxyl groups is 1. The zero-order valence-corrected chi connectivity index (χ0v) is 16.6. The maximum Gasteiger partial charge on any atom is 0.409 e. The largest absolute Gasteiger partial charge is 0.450 e. The van der Waals surface area contributed by atoms with Crippen LogP contribution in [0.5, 0.6) is 0 Å². The first-order valence-corrected chi connectivity index (χ1v) is 10.1. The van der Waals surface area contributed by atoms with Gasteiger partial charge < -0.3 is 25.4 Å². The van der Waals surface area contributed by atoms with E-state index in [4.69, 9.17) is 9.73 Å². The van der Waals surface area contributed by atoms with E-state index in [1.54, 1.807) is 4.90 Å². The van der Waals surface area contributed by atoms with Crippen molar-refractivity contribution in [3.8, 4) is 0 Å². The number of amides is 1. The first-order chi connectivity index (χ1) is 12.5. The average Bonchev–Trinajstić information content (AvgIpc) is 2.63. The molecule has 0 bridgehead atoms. The van der Waals surface area contributed by atoms with Crippen LogP contribution in [-0.2, 0) is 4.74 Å². The van der Waals surface area contributed by atoms with Crippen LogP contribution in [0.25, 0.3) is 0 Å². The number of carbonyl (C=O) groups excluding carboxylic acids is 1. The Bertz CT molecular complexity index is 477. The van der Waals surface area contributed by atoms with E-state index in [0.29, 0.717) is 32.3 Å². The van der Waals surface area contributed by atoms with Gasteiger partial charge in [0.15, 0.2) is 5.96 Å². The third-order valence-electron chi connectivity index (χ3n) is 5.58. The lowest BCUT2D eigenvalue weighted by molar-refractivity contribution is 0.00715. The van der Waals surface area contributed by atoms with E-state index in [1.807, 2.05) is 6.92 Å². The first-order valence-electron chi connectivity index (χ1n) is 10.1. The van der Waals surface area contributed by atoms with Crippen molar-refractivity contribution in [2.75, 3.05) is 32.8 Å². The Labute approximate surface area is 157 Å². The minimum absolute atomic E-state index is 0.131. The fourth-order valence-electron chi connectivity index (χ4n) is 3.76. The molecule has 1 saturated heterocycles. The highest BCUT2D eigenvalue weighted by molar-refractivity contribution is 5.80. The molecule has 7 nitrogen and oxygen atoms in total. The predicted octanol–water partition coefficient (Wildman–Crippen LogP) is 2.10. The molecular weight excluding hydrogens is 332 g/mol. The van der Waals surface area contributed by atoms with Gasteiger partial charge in [-0.2, -0.15) is 0 Å². The summed E-state index contributed by atoms with van der Waals surface area (Å²) in [7, 11) is 0. The zero-order chi connectivity index (χ0) is 19.0. The minimum Gasteiger partial charge on any atom is -0.450 e. The number of aliphatic hydroxyl groups excluding tert-OH is 1. The topological polar surface area (TPSA) is 86.2 Å². The summed E-state index contributed by atoms with van der Waals surface area (Å²) < 4.78 is 5.07. The standard InChI is InChI=1S/C19H36N4O3/c1-4-20-17(21-14-19(3)11-7-6-8-16(19)24)22-15-9-12-23(13-10-15)18(25)26-5-2/h15-16,24H,4-14H2,1-3H3,(H2,20,21,22). The number of aliphatic imine (C=N–C) groups is 1. The highest BCUT2D eigenvalue weighted by Crippen LogP contribution is 2.36. The molecule has 0 aromatic heterocycles. The third-order valence-corrected chi connectivity index (χ3v) is 5.58. The van der Waals surface area contributed by atoms with Crippen molar-refractivity contribution < 1.29 is 14.6 Å². The van der Waals surface area contributed by atoms with Crippen molar-refractivity contribution in [2.24, 2.45) is 10.4 Å². The van der Waals surface area contributed by atoms with Gasteiger partial charge in [-0.25, -0.2) is 4.79 Å². The van der Waals surface area contributed by atoms with Gasteiger partial charge in [-0.05, 0) is 39.5 Å². The van der Waals surface area contributed by atoms with Crippen LogP contribution in [-0.4, -0.2) is 67.0 Å². The van der Waals surface area contributed by atoms with E-state index in [2.05, 4.69) is 24.5 Å². The smallest absolute Gasteiger partial charge is 0.409 e. The number of ether oxygens (including phenoxy) is 1. The fraction of sp³-hybridized carbons (Fsp3) is 0.895. The highest BCUT2D eigenvalue weighted by Gasteiger charge is 2.35. The maximum absolute atomic E-state index is 11.8. The molecule has 1 heterocycles. The van der Waals surface area contributed by atoms with Gasteiger partial charge in [0.2, 0.25) is 0 Å². The number of piperidine rings is 1. The number of hydrogen-bond acceptors (Lipinski definition) is 4. The molecule has 0 radical (unpaired) electrons. The molecule has 1 amide bonds. The Morgan fingerprint density at radius 3 is 2.62 bits per heavy atom. The lowest BCUT2D eigenvalue weighted by Gasteiger charge is -2.37. The Morgan fingerprint density at radius 1 is 1.27 bits per heavy atom. The second-order valence-corrected chi connectivity index (χ2v) is 7.72. The second-order valence-electron chi connectivity index (χ2n) is 7.72. The van der Waals surface area contributed by atoms with Crippen molar-refractivity contribution >= 4 is 12.1 Å². The second kappa shape index (κ2) is 10.00. The highest BCUT2D eigenvalue weighted by atomic mass is 16.6. The molecule has 150 valence electrons. The summed E-state index contributed by atoms with van der Waals surface area (Å²) in [4.78, 5) is 18.3. The fourth-order valence-corrected chi connectivity index (χ4v) is 3.76. The number of carbonyl (C=O) groups is 1. The molecule has 1 aliphatic carbocycles. The van der Waals surface area contributed by atoms with Crippen LogP contribution in [0.2, 0.25) is 0 Å².